The number of para-hydroxylation sites is 1. The third kappa shape index (κ3) is 3.24. The van der Waals surface area contributed by atoms with Gasteiger partial charge in [0.05, 0.1) is 0 Å². The monoisotopic (exact) mass is 332 g/mol. The topological polar surface area (TPSA) is 129 Å². The number of anilines is 3. The number of nitrogen functional groups attached to an aromatic ring is 1. The highest BCUT2D eigenvalue weighted by Crippen LogP contribution is 2.20. The molecule has 4 rings (SSSR count). The van der Waals surface area contributed by atoms with E-state index in [9.17, 15) is 0 Å². The van der Waals surface area contributed by atoms with E-state index in [2.05, 4.69) is 35.4 Å². The first-order valence-electron chi connectivity index (χ1n) is 7.37. The van der Waals surface area contributed by atoms with Gasteiger partial charge < -0.3 is 15.6 Å². The van der Waals surface area contributed by atoms with E-state index in [1.807, 2.05) is 36.4 Å². The Hall–Kier alpha value is -3.88. The van der Waals surface area contributed by atoms with Crippen LogP contribution in [0.1, 0.15) is 0 Å². The number of aromatic nitrogens is 6. The van der Waals surface area contributed by atoms with Crippen LogP contribution < -0.4 is 11.1 Å². The lowest BCUT2D eigenvalue weighted by Gasteiger charge is -2.05. The van der Waals surface area contributed by atoms with Gasteiger partial charge in [-0.05, 0) is 24.3 Å². The van der Waals surface area contributed by atoms with Crippen molar-refractivity contribution < 1.29 is 4.52 Å². The van der Waals surface area contributed by atoms with Gasteiger partial charge in [-0.1, -0.05) is 29.4 Å². The predicted octanol–water partition coefficient (Wildman–Crippen LogP) is 2.31. The number of hydrogen-bond donors (Lipinski definition) is 2. The van der Waals surface area contributed by atoms with E-state index in [0.717, 1.165) is 5.69 Å². The van der Waals surface area contributed by atoms with Gasteiger partial charge in [-0.3, -0.25) is 4.98 Å². The zero-order chi connectivity index (χ0) is 17.1. The van der Waals surface area contributed by atoms with Gasteiger partial charge in [0, 0.05) is 11.9 Å². The van der Waals surface area contributed by atoms with Crippen LogP contribution in [-0.4, -0.2) is 30.1 Å². The summed E-state index contributed by atoms with van der Waals surface area (Å²) in [4.78, 5) is 20.8. The summed E-state index contributed by atoms with van der Waals surface area (Å²) in [6.07, 6.45) is 1.64. The van der Waals surface area contributed by atoms with Crippen molar-refractivity contribution in [1.82, 2.24) is 30.1 Å². The van der Waals surface area contributed by atoms with Crippen molar-refractivity contribution >= 4 is 17.6 Å². The van der Waals surface area contributed by atoms with Gasteiger partial charge >= 0.3 is 0 Å². The van der Waals surface area contributed by atoms with Crippen molar-refractivity contribution in [2.75, 3.05) is 11.1 Å². The van der Waals surface area contributed by atoms with Crippen LogP contribution in [0.2, 0.25) is 0 Å². The van der Waals surface area contributed by atoms with E-state index in [1.54, 1.807) is 18.3 Å². The van der Waals surface area contributed by atoms with Gasteiger partial charge in [0.2, 0.25) is 23.5 Å². The summed E-state index contributed by atoms with van der Waals surface area (Å²) in [7, 11) is 0. The molecule has 0 radical (unpaired) electrons. The molecule has 0 aliphatic rings. The van der Waals surface area contributed by atoms with Crippen LogP contribution in [0, 0.1) is 0 Å². The quantitative estimate of drug-likeness (QED) is 0.578. The van der Waals surface area contributed by atoms with Gasteiger partial charge in [0.1, 0.15) is 5.69 Å². The maximum absolute atomic E-state index is 5.77. The normalized spacial score (nSPS) is 10.6. The zero-order valence-electron chi connectivity index (χ0n) is 12.9. The van der Waals surface area contributed by atoms with Gasteiger partial charge in [0.15, 0.2) is 0 Å². The second-order valence-corrected chi connectivity index (χ2v) is 4.97. The van der Waals surface area contributed by atoms with Crippen molar-refractivity contribution in [1.29, 1.82) is 0 Å². The summed E-state index contributed by atoms with van der Waals surface area (Å²) in [5.41, 5.74) is 7.15. The van der Waals surface area contributed by atoms with Gasteiger partial charge in [-0.25, -0.2) is 0 Å². The number of nitrogens with zero attached hydrogens (tertiary/aromatic N) is 6. The maximum Gasteiger partial charge on any atom is 0.276 e. The van der Waals surface area contributed by atoms with E-state index in [0.29, 0.717) is 5.69 Å². The first kappa shape index (κ1) is 14.7. The Kier molecular flexibility index (Phi) is 3.71. The summed E-state index contributed by atoms with van der Waals surface area (Å²) < 4.78 is 5.22. The maximum atomic E-state index is 5.77. The van der Waals surface area contributed by atoms with Crippen LogP contribution in [0.5, 0.6) is 0 Å². The lowest BCUT2D eigenvalue weighted by atomic mass is 10.3. The predicted molar refractivity (Wildman–Crippen MR) is 90.5 cm³/mol. The average molecular weight is 332 g/mol. The van der Waals surface area contributed by atoms with Crippen LogP contribution in [0.15, 0.2) is 59.3 Å². The standard InChI is InChI=1S/C16H12N8O/c17-15-21-12(22-16(23-15)19-10-6-2-1-3-7-10)13-20-14(25-24-13)11-8-4-5-9-18-11/h1-9H,(H3,17,19,21,22,23). The smallest absolute Gasteiger partial charge is 0.276 e. The van der Waals surface area contributed by atoms with Gasteiger partial charge in [0.25, 0.3) is 5.89 Å². The molecule has 0 saturated carbocycles. The lowest BCUT2D eigenvalue weighted by Crippen LogP contribution is -2.05. The number of nitrogens with one attached hydrogen (secondary N) is 1. The van der Waals surface area contributed by atoms with Crippen molar-refractivity contribution in [3.63, 3.8) is 0 Å². The number of rotatable bonds is 4. The molecule has 9 nitrogen and oxygen atoms in total. The zero-order valence-corrected chi connectivity index (χ0v) is 12.9. The molecule has 0 spiro atoms. The van der Waals surface area contributed by atoms with Crippen molar-refractivity contribution in [3.8, 4) is 23.2 Å². The van der Waals surface area contributed by atoms with Gasteiger partial charge in [-0.2, -0.15) is 19.9 Å². The second-order valence-electron chi connectivity index (χ2n) is 4.97. The Balaban J connectivity index is 1.66. The summed E-state index contributed by atoms with van der Waals surface area (Å²) in [5, 5.41) is 6.94. The fourth-order valence-electron chi connectivity index (χ4n) is 2.11. The summed E-state index contributed by atoms with van der Waals surface area (Å²) in [6.45, 7) is 0. The molecule has 0 aliphatic carbocycles. The highest BCUT2D eigenvalue weighted by atomic mass is 16.5. The average Bonchev–Trinajstić information content (AvgIpc) is 3.13. The molecule has 0 atom stereocenters. The largest absolute Gasteiger partial charge is 0.368 e. The van der Waals surface area contributed by atoms with Crippen molar-refractivity contribution in [2.45, 2.75) is 0 Å². The molecular formula is C16H12N8O. The first-order chi connectivity index (χ1) is 12.3. The molecule has 0 amide bonds. The number of nitrogens with two attached hydrogens (primary N) is 1. The molecule has 3 N–H and O–H groups in total. The highest BCUT2D eigenvalue weighted by molar-refractivity contribution is 5.57. The molecule has 0 aliphatic heterocycles. The molecule has 0 unspecified atom stereocenters. The Morgan fingerprint density at radius 2 is 1.68 bits per heavy atom. The van der Waals surface area contributed by atoms with E-state index in [4.69, 9.17) is 10.3 Å². The second kappa shape index (κ2) is 6.32. The minimum absolute atomic E-state index is 0.0487. The van der Waals surface area contributed by atoms with Crippen LogP contribution in [0.3, 0.4) is 0 Å². The molecule has 3 heterocycles. The van der Waals surface area contributed by atoms with Crippen molar-refractivity contribution in [3.05, 3.63) is 54.7 Å². The highest BCUT2D eigenvalue weighted by Gasteiger charge is 2.15. The minimum atomic E-state index is 0.0487. The molecular weight excluding hydrogens is 320 g/mol. The fourth-order valence-corrected chi connectivity index (χ4v) is 2.11. The molecule has 0 bridgehead atoms. The van der Waals surface area contributed by atoms with Crippen LogP contribution in [0.4, 0.5) is 17.6 Å². The fraction of sp³-hybridized carbons (Fsp3) is 0. The lowest BCUT2D eigenvalue weighted by molar-refractivity contribution is 0.430. The SMILES string of the molecule is Nc1nc(Nc2ccccc2)nc(-c2noc(-c3ccccn3)n2)n1. The van der Waals surface area contributed by atoms with E-state index in [1.165, 1.54) is 0 Å². The molecule has 0 saturated heterocycles. The Morgan fingerprint density at radius 1 is 0.840 bits per heavy atom. The van der Waals surface area contributed by atoms with Crippen LogP contribution in [0.25, 0.3) is 23.2 Å². The van der Waals surface area contributed by atoms with E-state index < -0.39 is 0 Å². The van der Waals surface area contributed by atoms with Crippen LogP contribution in [-0.2, 0) is 0 Å². The summed E-state index contributed by atoms with van der Waals surface area (Å²) >= 11 is 0. The third-order valence-corrected chi connectivity index (χ3v) is 3.19. The van der Waals surface area contributed by atoms with Crippen molar-refractivity contribution in [2.24, 2.45) is 0 Å². The molecule has 122 valence electrons. The molecule has 25 heavy (non-hydrogen) atoms. The number of benzene rings is 1. The number of pyridine rings is 1. The molecule has 3 aromatic heterocycles. The Labute approximate surface area is 142 Å². The Bertz CT molecular complexity index is 987. The van der Waals surface area contributed by atoms with Crippen LogP contribution >= 0.6 is 0 Å². The number of hydrogen-bond acceptors (Lipinski definition) is 9. The summed E-state index contributed by atoms with van der Waals surface area (Å²) in [5.74, 6) is 1.01. The first-order valence-corrected chi connectivity index (χ1v) is 7.37. The molecule has 0 fully saturated rings. The van der Waals surface area contributed by atoms with E-state index >= 15 is 0 Å². The summed E-state index contributed by atoms with van der Waals surface area (Å²) in [6, 6.07) is 14.9. The Morgan fingerprint density at radius 3 is 2.48 bits per heavy atom. The molecule has 1 aromatic carbocycles. The third-order valence-electron chi connectivity index (χ3n) is 3.19. The van der Waals surface area contributed by atoms with Gasteiger partial charge in [-0.15, -0.1) is 0 Å². The molecule has 4 aromatic rings. The molecule has 9 heteroatoms. The minimum Gasteiger partial charge on any atom is -0.368 e. The van der Waals surface area contributed by atoms with E-state index in [-0.39, 0.29) is 29.4 Å².